The Labute approximate surface area is 193 Å². The fraction of sp³-hybridized carbons (Fsp3) is 0.0435. The first-order valence-corrected chi connectivity index (χ1v) is 9.96. The molecule has 3 rings (SSSR count). The van der Waals surface area contributed by atoms with E-state index in [1.807, 2.05) is 0 Å². The van der Waals surface area contributed by atoms with Gasteiger partial charge < -0.3 is 15.4 Å². The van der Waals surface area contributed by atoms with Crippen LogP contribution in [0.1, 0.15) is 5.56 Å². The quantitative estimate of drug-likeness (QED) is 0.280. The summed E-state index contributed by atoms with van der Waals surface area (Å²) in [5, 5.41) is 9.10. The van der Waals surface area contributed by atoms with Gasteiger partial charge in [0.2, 0.25) is 0 Å². The molecule has 0 aliphatic rings. The van der Waals surface area contributed by atoms with Crippen molar-refractivity contribution >= 4 is 46.9 Å². The van der Waals surface area contributed by atoms with Crippen molar-refractivity contribution in [1.82, 2.24) is 5.43 Å². The number of carbonyl (C=O) groups is 3. The van der Waals surface area contributed by atoms with Crippen LogP contribution >= 0.6 is 11.6 Å². The van der Waals surface area contributed by atoms with Crippen LogP contribution in [0.4, 0.5) is 15.8 Å². The lowest BCUT2D eigenvalue weighted by Gasteiger charge is -2.10. The molecule has 0 atom stereocenters. The monoisotopic (exact) mass is 468 g/mol. The summed E-state index contributed by atoms with van der Waals surface area (Å²) in [6, 6.07) is 18.4. The molecule has 0 bridgehead atoms. The van der Waals surface area contributed by atoms with E-state index in [1.165, 1.54) is 18.3 Å². The van der Waals surface area contributed by atoms with Crippen molar-refractivity contribution in [3.05, 3.63) is 89.2 Å². The number of carbonyl (C=O) groups excluding carboxylic acids is 3. The zero-order chi connectivity index (χ0) is 23.6. The van der Waals surface area contributed by atoms with Gasteiger partial charge in [-0.3, -0.25) is 14.4 Å². The number of hydrogen-bond acceptors (Lipinski definition) is 5. The molecule has 0 aliphatic carbocycles. The van der Waals surface area contributed by atoms with Crippen LogP contribution in [-0.2, 0) is 14.4 Å². The average Bonchev–Trinajstić information content (AvgIpc) is 2.81. The molecule has 0 heterocycles. The fourth-order valence-electron chi connectivity index (χ4n) is 2.54. The summed E-state index contributed by atoms with van der Waals surface area (Å²) >= 11 is 6.02. The van der Waals surface area contributed by atoms with Gasteiger partial charge in [0.25, 0.3) is 5.91 Å². The van der Waals surface area contributed by atoms with Gasteiger partial charge in [0.1, 0.15) is 11.6 Å². The van der Waals surface area contributed by atoms with E-state index in [0.717, 1.165) is 12.1 Å². The van der Waals surface area contributed by atoms with Gasteiger partial charge in [-0.25, -0.2) is 9.82 Å². The molecule has 8 nitrogen and oxygen atoms in total. The van der Waals surface area contributed by atoms with E-state index in [-0.39, 0.29) is 12.3 Å². The highest BCUT2D eigenvalue weighted by Crippen LogP contribution is 2.20. The molecule has 3 N–H and O–H groups in total. The van der Waals surface area contributed by atoms with Crippen molar-refractivity contribution in [2.75, 3.05) is 17.2 Å². The Morgan fingerprint density at radius 1 is 0.909 bits per heavy atom. The van der Waals surface area contributed by atoms with E-state index in [1.54, 1.807) is 48.5 Å². The normalized spacial score (nSPS) is 10.5. The molecule has 0 unspecified atom stereocenters. The molecule has 0 spiro atoms. The van der Waals surface area contributed by atoms with E-state index >= 15 is 0 Å². The van der Waals surface area contributed by atoms with Gasteiger partial charge in [-0.1, -0.05) is 35.9 Å². The first-order chi connectivity index (χ1) is 15.9. The number of ether oxygens (including phenoxy) is 1. The van der Waals surface area contributed by atoms with Crippen molar-refractivity contribution in [3.63, 3.8) is 0 Å². The number of hydrazone groups is 1. The number of para-hydroxylation sites is 2. The summed E-state index contributed by atoms with van der Waals surface area (Å²) in [5.41, 5.74) is 3.27. The number of rotatable bonds is 7. The van der Waals surface area contributed by atoms with Crippen LogP contribution in [-0.4, -0.2) is 30.5 Å². The number of anilines is 2. The number of hydrogen-bond donors (Lipinski definition) is 3. The van der Waals surface area contributed by atoms with Crippen molar-refractivity contribution in [1.29, 1.82) is 0 Å². The van der Waals surface area contributed by atoms with Gasteiger partial charge >= 0.3 is 11.8 Å². The number of nitrogens with zero attached hydrogens (tertiary/aromatic N) is 1. The molecule has 168 valence electrons. The Hall–Kier alpha value is -4.24. The number of halogens is 2. The van der Waals surface area contributed by atoms with Crippen LogP contribution in [0.3, 0.4) is 0 Å². The Kier molecular flexibility index (Phi) is 8.09. The smallest absolute Gasteiger partial charge is 0.329 e. The molecule has 3 amide bonds. The van der Waals surface area contributed by atoms with Gasteiger partial charge in [0.15, 0.2) is 6.61 Å². The van der Waals surface area contributed by atoms with Gasteiger partial charge in [-0.05, 0) is 48.5 Å². The highest BCUT2D eigenvalue weighted by molar-refractivity contribution is 6.39. The number of nitrogens with one attached hydrogen (secondary N) is 3. The largest absolute Gasteiger partial charge is 0.483 e. The lowest BCUT2D eigenvalue weighted by Crippen LogP contribution is -2.32. The Balaban J connectivity index is 1.53. The third-order valence-corrected chi connectivity index (χ3v) is 4.43. The summed E-state index contributed by atoms with van der Waals surface area (Å²) in [7, 11) is 0. The molecule has 0 radical (unpaired) electrons. The first-order valence-electron chi connectivity index (χ1n) is 9.58. The molecule has 0 saturated heterocycles. The molecule has 3 aromatic carbocycles. The standard InChI is InChI=1S/C23H18ClFN4O4/c24-18-6-2-3-7-19(18)28-21(30)14-33-20-8-4-1-5-15(20)13-26-29-23(32)22(31)27-17-11-9-16(25)10-12-17/h1-13H,14H2,(H,27,31)(H,28,30)(H,29,32)/b26-13-. The topological polar surface area (TPSA) is 109 Å². The summed E-state index contributed by atoms with van der Waals surface area (Å²) in [6.45, 7) is -0.289. The Morgan fingerprint density at radius 3 is 2.36 bits per heavy atom. The zero-order valence-electron chi connectivity index (χ0n) is 17.0. The Morgan fingerprint density at radius 2 is 1.61 bits per heavy atom. The third kappa shape index (κ3) is 7.15. The first kappa shape index (κ1) is 23.4. The lowest BCUT2D eigenvalue weighted by atomic mass is 10.2. The predicted octanol–water partition coefficient (Wildman–Crippen LogP) is 3.59. The third-order valence-electron chi connectivity index (χ3n) is 4.10. The molecule has 10 heteroatoms. The van der Waals surface area contributed by atoms with E-state index in [0.29, 0.717) is 22.0 Å². The molecular weight excluding hydrogens is 451 g/mol. The van der Waals surface area contributed by atoms with Crippen LogP contribution in [0.2, 0.25) is 5.02 Å². The summed E-state index contributed by atoms with van der Waals surface area (Å²) in [5.74, 6) is -2.54. The molecule has 0 aliphatic heterocycles. The van der Waals surface area contributed by atoms with Crippen LogP contribution < -0.4 is 20.8 Å². The van der Waals surface area contributed by atoms with Crippen molar-refractivity contribution in [2.45, 2.75) is 0 Å². The number of benzene rings is 3. The Bertz CT molecular complexity index is 1190. The summed E-state index contributed by atoms with van der Waals surface area (Å²) in [4.78, 5) is 35.9. The molecule has 3 aromatic rings. The minimum Gasteiger partial charge on any atom is -0.483 e. The predicted molar refractivity (Wildman–Crippen MR) is 123 cm³/mol. The SMILES string of the molecule is O=C(COc1ccccc1/C=N\NC(=O)C(=O)Nc1ccc(F)cc1)Nc1ccccc1Cl. The van der Waals surface area contributed by atoms with E-state index in [2.05, 4.69) is 21.2 Å². The second-order valence-electron chi connectivity index (χ2n) is 6.51. The average molecular weight is 469 g/mol. The maximum atomic E-state index is 12.9. The molecular formula is C23H18ClFN4O4. The van der Waals surface area contributed by atoms with E-state index in [9.17, 15) is 18.8 Å². The van der Waals surface area contributed by atoms with Crippen LogP contribution in [0.15, 0.2) is 77.9 Å². The molecule has 0 aromatic heterocycles. The van der Waals surface area contributed by atoms with Crippen LogP contribution in [0.5, 0.6) is 5.75 Å². The number of amides is 3. The highest BCUT2D eigenvalue weighted by atomic mass is 35.5. The van der Waals surface area contributed by atoms with Crippen molar-refractivity contribution in [2.24, 2.45) is 5.10 Å². The van der Waals surface area contributed by atoms with Gasteiger partial charge in [-0.2, -0.15) is 5.10 Å². The second kappa shape index (κ2) is 11.4. The molecule has 0 fully saturated rings. The second-order valence-corrected chi connectivity index (χ2v) is 6.92. The minimum atomic E-state index is -1.02. The van der Waals surface area contributed by atoms with Gasteiger partial charge in [-0.15, -0.1) is 0 Å². The van der Waals surface area contributed by atoms with Gasteiger partial charge in [0, 0.05) is 11.3 Å². The van der Waals surface area contributed by atoms with E-state index < -0.39 is 23.5 Å². The van der Waals surface area contributed by atoms with Crippen LogP contribution in [0, 0.1) is 5.82 Å². The molecule has 33 heavy (non-hydrogen) atoms. The zero-order valence-corrected chi connectivity index (χ0v) is 17.8. The molecule has 0 saturated carbocycles. The van der Waals surface area contributed by atoms with Crippen molar-refractivity contribution in [3.8, 4) is 5.75 Å². The van der Waals surface area contributed by atoms with Crippen LogP contribution in [0.25, 0.3) is 0 Å². The highest BCUT2D eigenvalue weighted by Gasteiger charge is 2.13. The van der Waals surface area contributed by atoms with E-state index in [4.69, 9.17) is 16.3 Å². The van der Waals surface area contributed by atoms with Gasteiger partial charge in [0.05, 0.1) is 16.9 Å². The summed E-state index contributed by atoms with van der Waals surface area (Å²) in [6.07, 6.45) is 1.27. The maximum Gasteiger partial charge on any atom is 0.329 e. The summed E-state index contributed by atoms with van der Waals surface area (Å²) < 4.78 is 18.4. The maximum absolute atomic E-state index is 12.9. The fourth-order valence-corrected chi connectivity index (χ4v) is 2.73. The minimum absolute atomic E-state index is 0.259. The van der Waals surface area contributed by atoms with Crippen molar-refractivity contribution < 1.29 is 23.5 Å². The lowest BCUT2D eigenvalue weighted by molar-refractivity contribution is -0.136.